The van der Waals surface area contributed by atoms with Crippen LogP contribution in [-0.2, 0) is 4.74 Å². The minimum absolute atomic E-state index is 0.419. The molecular weight excluding hydrogens is 238 g/mol. The van der Waals surface area contributed by atoms with Crippen molar-refractivity contribution in [3.05, 3.63) is 23.8 Å². The van der Waals surface area contributed by atoms with Crippen molar-refractivity contribution in [2.24, 2.45) is 0 Å². The summed E-state index contributed by atoms with van der Waals surface area (Å²) < 4.78 is 10.9. The van der Waals surface area contributed by atoms with Crippen molar-refractivity contribution in [3.63, 3.8) is 0 Å². The van der Waals surface area contributed by atoms with Gasteiger partial charge in [0.2, 0.25) is 0 Å². The van der Waals surface area contributed by atoms with Gasteiger partial charge in [-0.05, 0) is 37.5 Å². The Balaban J connectivity index is 0.000000861. The van der Waals surface area contributed by atoms with Gasteiger partial charge in [-0.25, -0.2) is 0 Å². The summed E-state index contributed by atoms with van der Waals surface area (Å²) in [5.41, 5.74) is 2.44. The Labute approximate surface area is 117 Å². The van der Waals surface area contributed by atoms with Crippen molar-refractivity contribution in [2.75, 3.05) is 32.2 Å². The zero-order valence-corrected chi connectivity index (χ0v) is 12.9. The summed E-state index contributed by atoms with van der Waals surface area (Å²) in [7, 11) is 3.53. The summed E-state index contributed by atoms with van der Waals surface area (Å²) >= 11 is 0. The molecule has 108 valence electrons. The minimum atomic E-state index is 0.419. The van der Waals surface area contributed by atoms with Crippen molar-refractivity contribution in [1.29, 1.82) is 0 Å². The summed E-state index contributed by atoms with van der Waals surface area (Å²) in [4.78, 5) is 2.38. The van der Waals surface area contributed by atoms with Gasteiger partial charge in [0.15, 0.2) is 0 Å². The summed E-state index contributed by atoms with van der Waals surface area (Å²) in [5, 5.41) is 0. The highest BCUT2D eigenvalue weighted by molar-refractivity contribution is 5.60. The second-order valence-corrected chi connectivity index (χ2v) is 4.60. The van der Waals surface area contributed by atoms with Gasteiger partial charge in [0.05, 0.1) is 18.9 Å². The molecule has 0 spiro atoms. The third-order valence-corrected chi connectivity index (χ3v) is 3.45. The van der Waals surface area contributed by atoms with Gasteiger partial charge in [-0.15, -0.1) is 0 Å². The fourth-order valence-corrected chi connectivity index (χ4v) is 2.38. The van der Waals surface area contributed by atoms with Gasteiger partial charge in [-0.2, -0.15) is 0 Å². The molecule has 1 aliphatic rings. The number of benzene rings is 1. The molecule has 0 bridgehead atoms. The first-order valence-electron chi connectivity index (χ1n) is 7.17. The second-order valence-electron chi connectivity index (χ2n) is 4.60. The smallest absolute Gasteiger partial charge is 0.142 e. The zero-order valence-electron chi connectivity index (χ0n) is 12.9. The maximum Gasteiger partial charge on any atom is 0.142 e. The predicted octanol–water partition coefficient (Wildman–Crippen LogP) is 3.65. The molecule has 0 saturated carbocycles. The fourth-order valence-electron chi connectivity index (χ4n) is 2.38. The van der Waals surface area contributed by atoms with Crippen LogP contribution in [-0.4, -0.2) is 33.4 Å². The molecule has 1 heterocycles. The van der Waals surface area contributed by atoms with Crippen molar-refractivity contribution < 1.29 is 9.47 Å². The first-order chi connectivity index (χ1) is 9.24. The van der Waals surface area contributed by atoms with Crippen molar-refractivity contribution in [2.45, 2.75) is 39.7 Å². The first kappa shape index (κ1) is 15.8. The Morgan fingerprint density at radius 2 is 1.74 bits per heavy atom. The van der Waals surface area contributed by atoms with E-state index in [9.17, 15) is 0 Å². The van der Waals surface area contributed by atoms with Gasteiger partial charge >= 0.3 is 0 Å². The molecule has 0 N–H and O–H groups in total. The summed E-state index contributed by atoms with van der Waals surface area (Å²) in [5.74, 6) is 0.973. The first-order valence-corrected chi connectivity index (χ1v) is 7.17. The number of aryl methyl sites for hydroxylation is 1. The average molecular weight is 265 g/mol. The molecule has 1 fully saturated rings. The molecule has 3 nitrogen and oxygen atoms in total. The molecule has 0 aromatic heterocycles. The van der Waals surface area contributed by atoms with Crippen molar-refractivity contribution in [1.82, 2.24) is 0 Å². The molecular formula is C16H27NO2. The molecule has 19 heavy (non-hydrogen) atoms. The lowest BCUT2D eigenvalue weighted by Crippen LogP contribution is -2.36. The number of methoxy groups -OCH3 is 2. The van der Waals surface area contributed by atoms with Gasteiger partial charge in [0, 0.05) is 20.2 Å². The molecule has 1 saturated heterocycles. The summed E-state index contributed by atoms with van der Waals surface area (Å²) in [6.07, 6.45) is 2.60. The van der Waals surface area contributed by atoms with E-state index in [0.29, 0.717) is 6.10 Å². The van der Waals surface area contributed by atoms with Crippen LogP contribution in [0, 0.1) is 6.92 Å². The van der Waals surface area contributed by atoms with Gasteiger partial charge in [0.1, 0.15) is 5.75 Å². The van der Waals surface area contributed by atoms with Crippen LogP contribution in [0.2, 0.25) is 0 Å². The second kappa shape index (κ2) is 8.05. The average Bonchev–Trinajstić information content (AvgIpc) is 2.49. The van der Waals surface area contributed by atoms with E-state index in [1.165, 1.54) is 11.3 Å². The molecule has 1 aliphatic heterocycles. The van der Waals surface area contributed by atoms with E-state index in [2.05, 4.69) is 30.0 Å². The number of hydrogen-bond acceptors (Lipinski definition) is 3. The van der Waals surface area contributed by atoms with E-state index in [1.807, 2.05) is 13.8 Å². The predicted molar refractivity (Wildman–Crippen MR) is 81.3 cm³/mol. The molecule has 0 amide bonds. The van der Waals surface area contributed by atoms with Gasteiger partial charge in [-0.3, -0.25) is 0 Å². The van der Waals surface area contributed by atoms with Crippen LogP contribution in [0.5, 0.6) is 5.75 Å². The third-order valence-electron chi connectivity index (χ3n) is 3.45. The van der Waals surface area contributed by atoms with Crippen molar-refractivity contribution in [3.8, 4) is 5.75 Å². The summed E-state index contributed by atoms with van der Waals surface area (Å²) in [6.45, 7) is 8.17. The highest BCUT2D eigenvalue weighted by Gasteiger charge is 2.20. The molecule has 3 heteroatoms. The monoisotopic (exact) mass is 265 g/mol. The Hall–Kier alpha value is -1.22. The van der Waals surface area contributed by atoms with Crippen LogP contribution in [0.1, 0.15) is 32.3 Å². The highest BCUT2D eigenvalue weighted by Crippen LogP contribution is 2.31. The molecule has 0 aliphatic carbocycles. The number of nitrogens with zero attached hydrogens (tertiary/aromatic N) is 1. The highest BCUT2D eigenvalue weighted by atomic mass is 16.5. The van der Waals surface area contributed by atoms with Crippen LogP contribution >= 0.6 is 0 Å². The molecule has 0 radical (unpaired) electrons. The van der Waals surface area contributed by atoms with E-state index in [1.54, 1.807) is 14.2 Å². The Morgan fingerprint density at radius 1 is 1.11 bits per heavy atom. The fraction of sp³-hybridized carbons (Fsp3) is 0.625. The lowest BCUT2D eigenvalue weighted by Gasteiger charge is -2.33. The van der Waals surface area contributed by atoms with Crippen LogP contribution < -0.4 is 9.64 Å². The van der Waals surface area contributed by atoms with Crippen molar-refractivity contribution >= 4 is 5.69 Å². The third kappa shape index (κ3) is 4.13. The van der Waals surface area contributed by atoms with Crippen LogP contribution in [0.15, 0.2) is 18.2 Å². The maximum absolute atomic E-state index is 5.46. The Kier molecular flexibility index (Phi) is 6.71. The van der Waals surface area contributed by atoms with Gasteiger partial charge in [0.25, 0.3) is 0 Å². The quantitative estimate of drug-likeness (QED) is 0.832. The molecule has 0 atom stereocenters. The Bertz CT molecular complexity index is 371. The zero-order chi connectivity index (χ0) is 14.3. The van der Waals surface area contributed by atoms with Crippen LogP contribution in [0.4, 0.5) is 5.69 Å². The van der Waals surface area contributed by atoms with Crippen LogP contribution in [0.25, 0.3) is 0 Å². The lowest BCUT2D eigenvalue weighted by molar-refractivity contribution is 0.0818. The topological polar surface area (TPSA) is 21.7 Å². The minimum Gasteiger partial charge on any atom is -0.495 e. The SMILES string of the molecule is CC.COc1cc(C)ccc1N1CCC(OC)CC1. The molecule has 0 unspecified atom stereocenters. The van der Waals surface area contributed by atoms with E-state index in [-0.39, 0.29) is 0 Å². The van der Waals surface area contributed by atoms with E-state index in [4.69, 9.17) is 9.47 Å². The number of anilines is 1. The van der Waals surface area contributed by atoms with Gasteiger partial charge < -0.3 is 14.4 Å². The normalized spacial score (nSPS) is 15.7. The standard InChI is InChI=1S/C14H21NO2.C2H6/c1-11-4-5-13(14(10-11)17-3)15-8-6-12(16-2)7-9-15;1-2/h4-5,10,12H,6-9H2,1-3H3;1-2H3. The number of piperidine rings is 1. The van der Waals surface area contributed by atoms with Crippen LogP contribution in [0.3, 0.4) is 0 Å². The van der Waals surface area contributed by atoms with E-state index < -0.39 is 0 Å². The molecule has 1 aromatic rings. The van der Waals surface area contributed by atoms with E-state index in [0.717, 1.165) is 31.7 Å². The number of rotatable bonds is 3. The van der Waals surface area contributed by atoms with E-state index >= 15 is 0 Å². The number of hydrogen-bond donors (Lipinski definition) is 0. The molecule has 2 rings (SSSR count). The lowest BCUT2D eigenvalue weighted by atomic mass is 10.1. The maximum atomic E-state index is 5.46. The van der Waals surface area contributed by atoms with Gasteiger partial charge in [-0.1, -0.05) is 19.9 Å². The largest absolute Gasteiger partial charge is 0.495 e. The Morgan fingerprint density at radius 3 is 2.26 bits per heavy atom. The number of ether oxygens (including phenoxy) is 2. The summed E-state index contributed by atoms with van der Waals surface area (Å²) in [6, 6.07) is 6.39. The molecule has 1 aromatic carbocycles.